The Morgan fingerprint density at radius 2 is 1.89 bits per heavy atom. The standard InChI is InChI=1S/C14H14N2O3/c1-9-4-5-13(14(6-9)16(18)19)15-10(2)7-12(8-17)11(15)3/h4-8H,1-3H3. The van der Waals surface area contributed by atoms with Crippen molar-refractivity contribution >= 4 is 12.0 Å². The molecule has 1 heterocycles. The summed E-state index contributed by atoms with van der Waals surface area (Å²) in [5, 5.41) is 11.2. The van der Waals surface area contributed by atoms with Crippen LogP contribution in [0.25, 0.3) is 5.69 Å². The molecule has 0 unspecified atom stereocenters. The number of aryl methyl sites for hydroxylation is 2. The maximum atomic E-state index is 11.2. The Balaban J connectivity index is 2.75. The van der Waals surface area contributed by atoms with E-state index in [4.69, 9.17) is 0 Å². The molecule has 5 heteroatoms. The largest absolute Gasteiger partial charge is 0.312 e. The van der Waals surface area contributed by atoms with Gasteiger partial charge in [0.05, 0.1) is 4.92 Å². The van der Waals surface area contributed by atoms with Crippen LogP contribution >= 0.6 is 0 Å². The van der Waals surface area contributed by atoms with Crippen LogP contribution in [0.1, 0.15) is 27.3 Å². The molecule has 0 aliphatic heterocycles. The zero-order valence-corrected chi connectivity index (χ0v) is 11.0. The summed E-state index contributed by atoms with van der Waals surface area (Å²) in [7, 11) is 0. The minimum Gasteiger partial charge on any atom is -0.312 e. The molecule has 1 aromatic carbocycles. The van der Waals surface area contributed by atoms with Gasteiger partial charge in [0.2, 0.25) is 0 Å². The van der Waals surface area contributed by atoms with E-state index in [0.29, 0.717) is 16.9 Å². The molecule has 0 spiro atoms. The van der Waals surface area contributed by atoms with Gasteiger partial charge >= 0.3 is 0 Å². The number of nitro groups is 1. The van der Waals surface area contributed by atoms with Crippen LogP contribution in [0.15, 0.2) is 24.3 Å². The summed E-state index contributed by atoms with van der Waals surface area (Å²) in [6.07, 6.45) is 0.763. The fraction of sp³-hybridized carbons (Fsp3) is 0.214. The Morgan fingerprint density at radius 1 is 1.21 bits per heavy atom. The fourth-order valence-corrected chi connectivity index (χ4v) is 2.25. The first-order valence-electron chi connectivity index (χ1n) is 5.85. The van der Waals surface area contributed by atoms with Crippen LogP contribution in [0.4, 0.5) is 5.69 Å². The van der Waals surface area contributed by atoms with Crippen LogP contribution < -0.4 is 0 Å². The first-order valence-corrected chi connectivity index (χ1v) is 5.85. The summed E-state index contributed by atoms with van der Waals surface area (Å²) in [5.74, 6) is 0. The molecule has 0 amide bonds. The second kappa shape index (κ2) is 4.68. The minimum absolute atomic E-state index is 0.0410. The van der Waals surface area contributed by atoms with Gasteiger partial charge in [-0.25, -0.2) is 0 Å². The Morgan fingerprint density at radius 3 is 2.42 bits per heavy atom. The van der Waals surface area contributed by atoms with Gasteiger partial charge in [-0.1, -0.05) is 6.07 Å². The van der Waals surface area contributed by atoms with Crippen molar-refractivity contribution in [3.63, 3.8) is 0 Å². The number of carbonyl (C=O) groups excluding carboxylic acids is 1. The van der Waals surface area contributed by atoms with Crippen LogP contribution in [0.2, 0.25) is 0 Å². The Kier molecular flexibility index (Phi) is 3.21. The minimum atomic E-state index is -0.401. The average Bonchev–Trinajstić information content (AvgIpc) is 2.64. The monoisotopic (exact) mass is 258 g/mol. The third-order valence-electron chi connectivity index (χ3n) is 3.17. The van der Waals surface area contributed by atoms with Crippen molar-refractivity contribution in [2.75, 3.05) is 0 Å². The Hall–Kier alpha value is -2.43. The smallest absolute Gasteiger partial charge is 0.293 e. The van der Waals surface area contributed by atoms with Gasteiger partial charge in [-0.3, -0.25) is 14.9 Å². The SMILES string of the molecule is Cc1ccc(-n2c(C)cc(C=O)c2C)c([N+](=O)[O-])c1. The number of hydrogen-bond acceptors (Lipinski definition) is 3. The van der Waals surface area contributed by atoms with Gasteiger partial charge in [0.25, 0.3) is 5.69 Å². The van der Waals surface area contributed by atoms with Crippen LogP contribution in [-0.4, -0.2) is 15.8 Å². The molecular formula is C14H14N2O3. The van der Waals surface area contributed by atoms with Crippen molar-refractivity contribution in [3.05, 3.63) is 56.9 Å². The zero-order valence-electron chi connectivity index (χ0n) is 11.0. The van der Waals surface area contributed by atoms with Gasteiger partial charge in [-0.15, -0.1) is 0 Å². The molecule has 0 aliphatic carbocycles. The van der Waals surface area contributed by atoms with Gasteiger partial charge in [-0.2, -0.15) is 0 Å². The number of hydrogen-bond donors (Lipinski definition) is 0. The number of aromatic nitrogens is 1. The number of carbonyl (C=O) groups is 1. The number of aldehydes is 1. The lowest BCUT2D eigenvalue weighted by molar-refractivity contribution is -0.384. The lowest BCUT2D eigenvalue weighted by atomic mass is 10.2. The van der Waals surface area contributed by atoms with Crippen molar-refractivity contribution in [2.24, 2.45) is 0 Å². The van der Waals surface area contributed by atoms with Gasteiger partial charge in [0, 0.05) is 23.0 Å². The summed E-state index contributed by atoms with van der Waals surface area (Å²) in [5.41, 5.74) is 3.41. The van der Waals surface area contributed by atoms with E-state index in [2.05, 4.69) is 0 Å². The number of nitrogens with zero attached hydrogens (tertiary/aromatic N) is 2. The molecule has 0 saturated carbocycles. The van der Waals surface area contributed by atoms with E-state index in [9.17, 15) is 14.9 Å². The van der Waals surface area contributed by atoms with Crippen molar-refractivity contribution in [1.29, 1.82) is 0 Å². The summed E-state index contributed by atoms with van der Waals surface area (Å²) in [4.78, 5) is 21.7. The molecule has 1 aromatic heterocycles. The maximum absolute atomic E-state index is 11.2. The number of nitro benzene ring substituents is 1. The van der Waals surface area contributed by atoms with Crippen LogP contribution in [0, 0.1) is 30.9 Å². The highest BCUT2D eigenvalue weighted by atomic mass is 16.6. The molecule has 19 heavy (non-hydrogen) atoms. The normalized spacial score (nSPS) is 10.5. The highest BCUT2D eigenvalue weighted by Gasteiger charge is 2.19. The summed E-state index contributed by atoms with van der Waals surface area (Å²) >= 11 is 0. The van der Waals surface area contributed by atoms with E-state index in [1.165, 1.54) is 6.07 Å². The number of benzene rings is 1. The van der Waals surface area contributed by atoms with Crippen molar-refractivity contribution < 1.29 is 9.72 Å². The van der Waals surface area contributed by atoms with Gasteiger partial charge < -0.3 is 4.57 Å². The predicted molar refractivity (Wildman–Crippen MR) is 72.0 cm³/mol. The van der Waals surface area contributed by atoms with Crippen molar-refractivity contribution in [3.8, 4) is 5.69 Å². The second-order valence-corrected chi connectivity index (χ2v) is 4.53. The molecule has 0 atom stereocenters. The molecule has 0 aliphatic rings. The molecule has 0 saturated heterocycles. The summed E-state index contributed by atoms with van der Waals surface area (Å²) in [6, 6.07) is 6.80. The average molecular weight is 258 g/mol. The summed E-state index contributed by atoms with van der Waals surface area (Å²) in [6.45, 7) is 5.41. The van der Waals surface area contributed by atoms with E-state index in [0.717, 1.165) is 17.5 Å². The predicted octanol–water partition coefficient (Wildman–Crippen LogP) is 3.12. The van der Waals surface area contributed by atoms with E-state index in [-0.39, 0.29) is 5.69 Å². The van der Waals surface area contributed by atoms with Crippen molar-refractivity contribution in [2.45, 2.75) is 20.8 Å². The Labute approximate surface area is 110 Å². The van der Waals surface area contributed by atoms with E-state index in [1.807, 2.05) is 19.9 Å². The topological polar surface area (TPSA) is 65.1 Å². The lowest BCUT2D eigenvalue weighted by Gasteiger charge is -2.10. The molecule has 2 aromatic rings. The second-order valence-electron chi connectivity index (χ2n) is 4.53. The highest BCUT2D eigenvalue weighted by Crippen LogP contribution is 2.28. The molecule has 0 bridgehead atoms. The van der Waals surface area contributed by atoms with Crippen LogP contribution in [0.5, 0.6) is 0 Å². The first kappa shape index (κ1) is 13.0. The molecule has 0 fully saturated rings. The fourth-order valence-electron chi connectivity index (χ4n) is 2.25. The van der Waals surface area contributed by atoms with E-state index < -0.39 is 4.92 Å². The first-order chi connectivity index (χ1) is 8.95. The maximum Gasteiger partial charge on any atom is 0.293 e. The Bertz CT molecular complexity index is 672. The molecule has 5 nitrogen and oxygen atoms in total. The van der Waals surface area contributed by atoms with Gasteiger partial charge in [0.15, 0.2) is 6.29 Å². The lowest BCUT2D eigenvalue weighted by Crippen LogP contribution is -2.04. The third kappa shape index (κ3) is 2.14. The number of rotatable bonds is 3. The van der Waals surface area contributed by atoms with Gasteiger partial charge in [-0.05, 0) is 38.5 Å². The molecule has 0 N–H and O–H groups in total. The summed E-state index contributed by atoms with van der Waals surface area (Å²) < 4.78 is 1.74. The van der Waals surface area contributed by atoms with Crippen LogP contribution in [0.3, 0.4) is 0 Å². The van der Waals surface area contributed by atoms with E-state index in [1.54, 1.807) is 23.6 Å². The zero-order chi connectivity index (χ0) is 14.2. The van der Waals surface area contributed by atoms with Gasteiger partial charge in [0.1, 0.15) is 5.69 Å². The molecule has 98 valence electrons. The molecular weight excluding hydrogens is 244 g/mol. The van der Waals surface area contributed by atoms with Crippen LogP contribution in [-0.2, 0) is 0 Å². The molecule has 2 rings (SSSR count). The quantitative estimate of drug-likeness (QED) is 0.482. The third-order valence-corrected chi connectivity index (χ3v) is 3.17. The van der Waals surface area contributed by atoms with Crippen molar-refractivity contribution in [1.82, 2.24) is 4.57 Å². The highest BCUT2D eigenvalue weighted by molar-refractivity contribution is 5.78. The van der Waals surface area contributed by atoms with E-state index >= 15 is 0 Å². The molecule has 0 radical (unpaired) electrons.